The van der Waals surface area contributed by atoms with Crippen molar-refractivity contribution in [1.29, 1.82) is 0 Å². The fraction of sp³-hybridized carbons (Fsp3) is 0.667. The van der Waals surface area contributed by atoms with E-state index >= 15 is 0 Å². The van der Waals surface area contributed by atoms with E-state index in [-0.39, 0.29) is 23.8 Å². The van der Waals surface area contributed by atoms with Crippen molar-refractivity contribution in [1.82, 2.24) is 30.2 Å². The van der Waals surface area contributed by atoms with Gasteiger partial charge in [0.05, 0.1) is 0 Å². The summed E-state index contributed by atoms with van der Waals surface area (Å²) in [5, 5.41) is 15.0. The van der Waals surface area contributed by atoms with Gasteiger partial charge in [-0.2, -0.15) is 0 Å². The molecule has 2 aliphatic heterocycles. The summed E-state index contributed by atoms with van der Waals surface area (Å²) < 4.78 is 17.2. The number of methoxy groups -OCH3 is 2. The Morgan fingerprint density at radius 3 is 2.79 bits per heavy atom. The zero-order valence-corrected chi connectivity index (χ0v) is 19.7. The third-order valence-electron chi connectivity index (χ3n) is 4.39. The van der Waals surface area contributed by atoms with Gasteiger partial charge >= 0.3 is 178 Å². The number of carbonyl (C=O) groups excluding carboxylic acids is 2. The van der Waals surface area contributed by atoms with E-state index in [4.69, 9.17) is 14.2 Å². The van der Waals surface area contributed by atoms with Gasteiger partial charge in [-0.1, -0.05) is 0 Å². The molecule has 1 fully saturated rings. The molecule has 3 rings (SSSR count). The van der Waals surface area contributed by atoms with Crippen LogP contribution in [-0.4, -0.2) is 93.9 Å². The second-order valence-corrected chi connectivity index (χ2v) is 11.4. The summed E-state index contributed by atoms with van der Waals surface area (Å²) in [5.41, 5.74) is -0.0807. The first kappa shape index (κ1) is 22.4. The van der Waals surface area contributed by atoms with Crippen molar-refractivity contribution in [2.75, 3.05) is 45.8 Å². The second kappa shape index (κ2) is 9.27. The Balaban J connectivity index is 1.89. The van der Waals surface area contributed by atoms with Gasteiger partial charge in [0.25, 0.3) is 0 Å². The van der Waals surface area contributed by atoms with E-state index in [2.05, 4.69) is 33.9 Å². The number of hydrogen-bond donors (Lipinski definition) is 1. The van der Waals surface area contributed by atoms with Crippen LogP contribution in [0.5, 0.6) is 0 Å². The number of amides is 1. The normalized spacial score (nSPS) is 24.3. The summed E-state index contributed by atoms with van der Waals surface area (Å²) in [4.78, 5) is 27.4. The van der Waals surface area contributed by atoms with E-state index in [1.807, 2.05) is 0 Å². The van der Waals surface area contributed by atoms with Crippen LogP contribution in [0.3, 0.4) is 0 Å². The molecule has 29 heavy (non-hydrogen) atoms. The molecule has 0 bridgehead atoms. The Kier molecular flexibility index (Phi) is 7.18. The molecule has 1 saturated heterocycles. The van der Waals surface area contributed by atoms with Crippen LogP contribution in [0.4, 0.5) is 0 Å². The van der Waals surface area contributed by atoms with Crippen LogP contribution in [0.1, 0.15) is 0 Å². The number of hydrogen-bond acceptors (Lipinski definition) is 11. The Morgan fingerprint density at radius 1 is 1.45 bits per heavy atom. The molecule has 1 aromatic heterocycles. The summed E-state index contributed by atoms with van der Waals surface area (Å²) >= 11 is 2.94. The number of β-lactam (4-membered cyclic amide) rings is 1. The molecule has 0 saturated carbocycles. The molecular weight excluding hydrogens is 439 g/mol. The summed E-state index contributed by atoms with van der Waals surface area (Å²) in [5.74, 6) is 0.118. The molecule has 0 unspecified atom stereocenters. The van der Waals surface area contributed by atoms with Gasteiger partial charge in [0.15, 0.2) is 0 Å². The number of ether oxygens (including phenoxy) is 3. The number of fused-ring (bicyclic) bond motifs is 1. The zero-order chi connectivity index (χ0) is 21.2. The van der Waals surface area contributed by atoms with E-state index in [0.717, 1.165) is 5.57 Å². The minimum atomic E-state index is -1.33. The molecule has 3 heterocycles. The van der Waals surface area contributed by atoms with Gasteiger partial charge in [-0.25, -0.2) is 0 Å². The molecule has 0 spiro atoms. The van der Waals surface area contributed by atoms with Crippen molar-refractivity contribution in [3.8, 4) is 0 Å². The average Bonchev–Trinajstić information content (AvgIpc) is 3.12. The number of carbonyl (C=O) groups is 2. The molecule has 2 aliphatic rings. The SMILES string of the molecule is COCOC(=O)C1=C(CSc2nnnn2C)CS[C@@H]2N1C(=O)[C@]2(N[PH2](C)C)OC. The van der Waals surface area contributed by atoms with Crippen LogP contribution in [0, 0.1) is 0 Å². The average molecular weight is 465 g/mol. The van der Waals surface area contributed by atoms with Crippen LogP contribution in [-0.2, 0) is 30.8 Å². The van der Waals surface area contributed by atoms with Crippen molar-refractivity contribution >= 4 is 43.5 Å². The van der Waals surface area contributed by atoms with Gasteiger partial charge in [-0.3, -0.25) is 0 Å². The van der Waals surface area contributed by atoms with Gasteiger partial charge in [0, 0.05) is 0 Å². The van der Waals surface area contributed by atoms with Crippen LogP contribution < -0.4 is 5.09 Å². The number of nitrogens with one attached hydrogen (secondary N) is 1. The first-order chi connectivity index (χ1) is 13.9. The van der Waals surface area contributed by atoms with Gasteiger partial charge in [-0.05, 0) is 0 Å². The minimum absolute atomic E-state index is 0.192. The third kappa shape index (κ3) is 4.17. The number of esters is 1. The molecule has 0 aromatic carbocycles. The molecule has 2 atom stereocenters. The Morgan fingerprint density at radius 2 is 2.21 bits per heavy atom. The first-order valence-corrected chi connectivity index (χ1v) is 13.8. The molecule has 0 aliphatic carbocycles. The van der Waals surface area contributed by atoms with Crippen LogP contribution in [0.25, 0.3) is 0 Å². The van der Waals surface area contributed by atoms with Crippen molar-refractivity contribution in [3.63, 3.8) is 0 Å². The monoisotopic (exact) mass is 464 g/mol. The van der Waals surface area contributed by atoms with E-state index in [0.29, 0.717) is 16.7 Å². The number of tetrazole rings is 1. The number of aromatic nitrogens is 4. The Hall–Kier alpha value is -1.24. The summed E-state index contributed by atoms with van der Waals surface area (Å²) in [6, 6.07) is 0. The molecule has 1 aromatic rings. The number of nitrogens with zero attached hydrogens (tertiary/aromatic N) is 5. The van der Waals surface area contributed by atoms with Crippen molar-refractivity contribution in [2.24, 2.45) is 7.05 Å². The number of thioether (sulfide) groups is 2. The molecule has 1 N–H and O–H groups in total. The topological polar surface area (TPSA) is 121 Å². The first-order valence-electron chi connectivity index (χ1n) is 8.87. The predicted molar refractivity (Wildman–Crippen MR) is 112 cm³/mol. The fourth-order valence-electron chi connectivity index (χ4n) is 3.17. The van der Waals surface area contributed by atoms with Crippen LogP contribution in [0.2, 0.25) is 0 Å². The van der Waals surface area contributed by atoms with E-state index < -0.39 is 19.8 Å². The van der Waals surface area contributed by atoms with Gasteiger partial charge in [0.1, 0.15) is 0 Å². The van der Waals surface area contributed by atoms with E-state index in [1.54, 1.807) is 23.5 Å². The van der Waals surface area contributed by atoms with Gasteiger partial charge in [0.2, 0.25) is 0 Å². The summed E-state index contributed by atoms with van der Waals surface area (Å²) in [7, 11) is 3.35. The maximum absolute atomic E-state index is 13.1. The molecule has 0 radical (unpaired) electrons. The maximum atomic E-state index is 13.1. The van der Waals surface area contributed by atoms with E-state index in [9.17, 15) is 9.59 Å². The standard InChI is InChI=1S/C15H25N6O5PS2/c1-20-14(16-18-19-20)29-7-9-6-28-13-15(25-3,17-27(4)5)12(23)21(13)10(9)11(22)26-8-24-2/h13,17H,6-8,27H2,1-5H3/t13-,15-/m0/s1. The summed E-state index contributed by atoms with van der Waals surface area (Å²) in [6.45, 7) is 3.96. The van der Waals surface area contributed by atoms with Crippen molar-refractivity contribution in [2.45, 2.75) is 16.3 Å². The predicted octanol–water partition coefficient (Wildman–Crippen LogP) is -0.328. The number of aryl methyl sites for hydroxylation is 1. The Labute approximate surface area is 178 Å². The number of rotatable bonds is 9. The molecule has 14 heteroatoms. The van der Waals surface area contributed by atoms with Gasteiger partial charge in [-0.15, -0.1) is 0 Å². The zero-order valence-electron chi connectivity index (χ0n) is 16.9. The molecular formula is C15H25N6O5PS2. The van der Waals surface area contributed by atoms with Gasteiger partial charge < -0.3 is 0 Å². The van der Waals surface area contributed by atoms with Crippen molar-refractivity contribution < 1.29 is 23.8 Å². The fourth-order valence-corrected chi connectivity index (χ4v) is 6.99. The van der Waals surface area contributed by atoms with Crippen LogP contribution in [0.15, 0.2) is 16.4 Å². The quantitative estimate of drug-likeness (QED) is 0.170. The molecule has 11 nitrogen and oxygen atoms in total. The van der Waals surface area contributed by atoms with Crippen LogP contribution >= 0.6 is 31.6 Å². The molecule has 162 valence electrons. The van der Waals surface area contributed by atoms with E-state index in [1.165, 1.54) is 30.9 Å². The third-order valence-corrected chi connectivity index (χ3v) is 7.87. The molecule has 1 amide bonds. The Bertz CT molecular complexity index is 821. The van der Waals surface area contributed by atoms with Crippen molar-refractivity contribution in [3.05, 3.63) is 11.3 Å². The second-order valence-electron chi connectivity index (χ2n) is 6.74. The summed E-state index contributed by atoms with van der Waals surface area (Å²) in [6.07, 6.45) is 0.